The van der Waals surface area contributed by atoms with E-state index in [1.54, 1.807) is 6.07 Å². The van der Waals surface area contributed by atoms with Gasteiger partial charge in [-0.3, -0.25) is 0 Å². The molecular formula is C15H14ClFN2. The van der Waals surface area contributed by atoms with E-state index >= 15 is 0 Å². The average molecular weight is 277 g/mol. The van der Waals surface area contributed by atoms with E-state index in [1.165, 1.54) is 12.1 Å². The Balaban J connectivity index is 1.91. The van der Waals surface area contributed by atoms with Gasteiger partial charge in [-0.1, -0.05) is 29.8 Å². The predicted octanol–water partition coefficient (Wildman–Crippen LogP) is 3.50. The number of halogens is 2. The van der Waals surface area contributed by atoms with Crippen LogP contribution in [0.3, 0.4) is 0 Å². The molecule has 2 aromatic rings. The number of hydrogen-bond acceptors (Lipinski definition) is 2. The second kappa shape index (κ2) is 4.83. The fourth-order valence-corrected chi connectivity index (χ4v) is 2.72. The van der Waals surface area contributed by atoms with Crippen LogP contribution >= 0.6 is 11.6 Å². The third-order valence-corrected chi connectivity index (χ3v) is 3.83. The fraction of sp³-hybridized carbons (Fsp3) is 0.200. The van der Waals surface area contributed by atoms with Crippen LogP contribution in [0.1, 0.15) is 17.2 Å². The molecule has 0 saturated heterocycles. The van der Waals surface area contributed by atoms with Crippen molar-refractivity contribution in [3.63, 3.8) is 0 Å². The Hall–Kier alpha value is -1.58. The van der Waals surface area contributed by atoms with Gasteiger partial charge in [0.15, 0.2) is 0 Å². The van der Waals surface area contributed by atoms with Crippen LogP contribution in [0.5, 0.6) is 0 Å². The van der Waals surface area contributed by atoms with E-state index in [-0.39, 0.29) is 11.9 Å². The Kier molecular flexibility index (Phi) is 3.17. The Morgan fingerprint density at radius 3 is 2.84 bits per heavy atom. The summed E-state index contributed by atoms with van der Waals surface area (Å²) < 4.78 is 13.3. The molecule has 0 amide bonds. The summed E-state index contributed by atoms with van der Waals surface area (Å²) in [6.07, 6.45) is 0. The summed E-state index contributed by atoms with van der Waals surface area (Å²) in [5.41, 5.74) is 8.97. The van der Waals surface area contributed by atoms with Crippen molar-refractivity contribution >= 4 is 17.3 Å². The quantitative estimate of drug-likeness (QED) is 0.910. The third kappa shape index (κ3) is 2.31. The van der Waals surface area contributed by atoms with E-state index in [0.717, 1.165) is 21.8 Å². The van der Waals surface area contributed by atoms with Crippen molar-refractivity contribution in [2.75, 3.05) is 11.4 Å². The van der Waals surface area contributed by atoms with E-state index in [2.05, 4.69) is 4.90 Å². The number of fused-ring (bicyclic) bond motifs is 1. The van der Waals surface area contributed by atoms with E-state index in [0.29, 0.717) is 13.1 Å². The summed E-state index contributed by atoms with van der Waals surface area (Å²) in [4.78, 5) is 2.14. The van der Waals surface area contributed by atoms with Crippen molar-refractivity contribution in [2.24, 2.45) is 5.73 Å². The molecule has 0 saturated carbocycles. The lowest BCUT2D eigenvalue weighted by atomic mass is 10.1. The van der Waals surface area contributed by atoms with Crippen molar-refractivity contribution in [3.05, 3.63) is 64.4 Å². The molecule has 1 aliphatic heterocycles. The second-order valence-corrected chi connectivity index (χ2v) is 5.19. The van der Waals surface area contributed by atoms with Gasteiger partial charge in [0.05, 0.1) is 0 Å². The van der Waals surface area contributed by atoms with E-state index in [1.807, 2.05) is 24.3 Å². The average Bonchev–Trinajstić information content (AvgIpc) is 2.69. The van der Waals surface area contributed by atoms with E-state index in [4.69, 9.17) is 17.3 Å². The first-order valence-electron chi connectivity index (χ1n) is 6.18. The molecule has 1 aliphatic rings. The highest BCUT2D eigenvalue weighted by Crippen LogP contribution is 2.35. The molecule has 2 N–H and O–H groups in total. The smallest absolute Gasteiger partial charge is 0.123 e. The van der Waals surface area contributed by atoms with Gasteiger partial charge in [-0.2, -0.15) is 0 Å². The molecule has 19 heavy (non-hydrogen) atoms. The minimum atomic E-state index is -0.242. The van der Waals surface area contributed by atoms with Crippen LogP contribution in [0.4, 0.5) is 10.1 Å². The van der Waals surface area contributed by atoms with Gasteiger partial charge in [0, 0.05) is 29.8 Å². The first-order chi connectivity index (χ1) is 9.15. The molecule has 0 aliphatic carbocycles. The molecule has 0 spiro atoms. The number of anilines is 1. The normalized spacial score (nSPS) is 17.6. The van der Waals surface area contributed by atoms with E-state index < -0.39 is 0 Å². The molecule has 3 rings (SSSR count). The van der Waals surface area contributed by atoms with Crippen molar-refractivity contribution in [3.8, 4) is 0 Å². The minimum Gasteiger partial charge on any atom is -0.365 e. The minimum absolute atomic E-state index is 0.145. The lowest BCUT2D eigenvalue weighted by molar-refractivity contribution is 0.624. The number of benzene rings is 2. The van der Waals surface area contributed by atoms with Gasteiger partial charge >= 0.3 is 0 Å². The maximum atomic E-state index is 13.3. The molecule has 0 radical (unpaired) electrons. The van der Waals surface area contributed by atoms with Crippen LogP contribution in [0.2, 0.25) is 5.02 Å². The summed E-state index contributed by atoms with van der Waals surface area (Å²) in [7, 11) is 0. The zero-order valence-electron chi connectivity index (χ0n) is 10.3. The summed E-state index contributed by atoms with van der Waals surface area (Å²) in [6, 6.07) is 12.4. The lowest BCUT2D eigenvalue weighted by Gasteiger charge is -2.20. The Morgan fingerprint density at radius 2 is 2.05 bits per heavy atom. The molecular weight excluding hydrogens is 263 g/mol. The molecule has 4 heteroatoms. The third-order valence-electron chi connectivity index (χ3n) is 3.47. The zero-order chi connectivity index (χ0) is 13.4. The van der Waals surface area contributed by atoms with Crippen molar-refractivity contribution in [1.29, 1.82) is 0 Å². The summed E-state index contributed by atoms with van der Waals surface area (Å²) >= 11 is 6.17. The van der Waals surface area contributed by atoms with Gasteiger partial charge in [-0.05, 0) is 35.4 Å². The molecule has 1 atom stereocenters. The van der Waals surface area contributed by atoms with Crippen molar-refractivity contribution in [1.82, 2.24) is 0 Å². The van der Waals surface area contributed by atoms with Crippen molar-refractivity contribution < 1.29 is 4.39 Å². The second-order valence-electron chi connectivity index (χ2n) is 4.78. The predicted molar refractivity (Wildman–Crippen MR) is 75.8 cm³/mol. The lowest BCUT2D eigenvalue weighted by Crippen LogP contribution is -2.24. The zero-order valence-corrected chi connectivity index (χ0v) is 11.1. The first kappa shape index (κ1) is 12.5. The monoisotopic (exact) mass is 276 g/mol. The number of nitrogens with zero attached hydrogens (tertiary/aromatic N) is 1. The summed E-state index contributed by atoms with van der Waals surface area (Å²) in [6.45, 7) is 1.37. The molecule has 98 valence electrons. The SMILES string of the molecule is N[C@@H]1CN(Cc2ccccc2Cl)c2ccc(F)cc21. The van der Waals surface area contributed by atoms with Gasteiger partial charge in [-0.25, -0.2) is 4.39 Å². The van der Waals surface area contributed by atoms with Gasteiger partial charge < -0.3 is 10.6 Å². The van der Waals surface area contributed by atoms with Crippen LogP contribution < -0.4 is 10.6 Å². The van der Waals surface area contributed by atoms with Gasteiger partial charge in [0.1, 0.15) is 5.82 Å². The molecule has 0 fully saturated rings. The highest BCUT2D eigenvalue weighted by atomic mass is 35.5. The standard InChI is InChI=1S/C15H14ClFN2/c16-13-4-2-1-3-10(13)8-19-9-14(18)12-7-11(17)5-6-15(12)19/h1-7,14H,8-9,18H2/t14-/m1/s1. The molecule has 0 aromatic heterocycles. The van der Waals surface area contributed by atoms with Crippen LogP contribution in [-0.2, 0) is 6.54 Å². The number of nitrogens with two attached hydrogens (primary N) is 1. The molecule has 0 bridgehead atoms. The first-order valence-corrected chi connectivity index (χ1v) is 6.56. The number of rotatable bonds is 2. The molecule has 1 heterocycles. The van der Waals surface area contributed by atoms with Crippen LogP contribution in [0, 0.1) is 5.82 Å². The largest absolute Gasteiger partial charge is 0.365 e. The molecule has 2 nitrogen and oxygen atoms in total. The molecule has 0 unspecified atom stereocenters. The Bertz CT molecular complexity index is 615. The molecule has 2 aromatic carbocycles. The highest BCUT2D eigenvalue weighted by molar-refractivity contribution is 6.31. The van der Waals surface area contributed by atoms with Crippen LogP contribution in [0.15, 0.2) is 42.5 Å². The van der Waals surface area contributed by atoms with Gasteiger partial charge in [0.2, 0.25) is 0 Å². The number of hydrogen-bond donors (Lipinski definition) is 1. The van der Waals surface area contributed by atoms with Gasteiger partial charge in [-0.15, -0.1) is 0 Å². The van der Waals surface area contributed by atoms with Crippen LogP contribution in [0.25, 0.3) is 0 Å². The topological polar surface area (TPSA) is 29.3 Å². The van der Waals surface area contributed by atoms with Gasteiger partial charge in [0.25, 0.3) is 0 Å². The highest BCUT2D eigenvalue weighted by Gasteiger charge is 2.26. The Morgan fingerprint density at radius 1 is 1.26 bits per heavy atom. The summed E-state index contributed by atoms with van der Waals surface area (Å²) in [5, 5.41) is 0.742. The Labute approximate surface area is 116 Å². The maximum Gasteiger partial charge on any atom is 0.123 e. The van der Waals surface area contributed by atoms with Crippen molar-refractivity contribution in [2.45, 2.75) is 12.6 Å². The maximum absolute atomic E-state index is 13.3. The van der Waals surface area contributed by atoms with E-state index in [9.17, 15) is 4.39 Å². The van der Waals surface area contributed by atoms with Crippen LogP contribution in [-0.4, -0.2) is 6.54 Å². The fourth-order valence-electron chi connectivity index (χ4n) is 2.53. The summed E-state index contributed by atoms with van der Waals surface area (Å²) in [5.74, 6) is -0.242.